The number of carbonyl (C=O) groups is 2. The van der Waals surface area contributed by atoms with E-state index < -0.39 is 12.6 Å². The number of anilines is 1. The monoisotopic (exact) mass is 292 g/mol. The van der Waals surface area contributed by atoms with Crippen LogP contribution in [0.3, 0.4) is 0 Å². The third-order valence-electron chi connectivity index (χ3n) is 3.16. The highest BCUT2D eigenvalue weighted by atomic mass is 16.5. The first-order valence-corrected chi connectivity index (χ1v) is 7.12. The first kappa shape index (κ1) is 15.2. The molecule has 0 unspecified atom stereocenters. The van der Waals surface area contributed by atoms with Crippen molar-refractivity contribution in [1.29, 1.82) is 0 Å². The van der Waals surface area contributed by atoms with Crippen molar-refractivity contribution in [1.82, 2.24) is 4.90 Å². The van der Waals surface area contributed by atoms with Crippen molar-refractivity contribution in [2.45, 2.75) is 32.2 Å². The molecule has 0 aromatic heterocycles. The predicted octanol–water partition coefficient (Wildman–Crippen LogP) is 2.56. The van der Waals surface area contributed by atoms with Gasteiger partial charge in [-0.2, -0.15) is 0 Å². The zero-order valence-electron chi connectivity index (χ0n) is 12.0. The number of urea groups is 1. The average molecular weight is 292 g/mol. The number of hydrogen-bond donors (Lipinski definition) is 2. The molecule has 1 aliphatic rings. The number of amides is 2. The fourth-order valence-corrected chi connectivity index (χ4v) is 2.08. The second-order valence-electron chi connectivity index (χ2n) is 5.06. The van der Waals surface area contributed by atoms with Crippen LogP contribution in [0.1, 0.15) is 26.2 Å². The highest BCUT2D eigenvalue weighted by molar-refractivity contribution is 5.90. The van der Waals surface area contributed by atoms with Gasteiger partial charge in [-0.1, -0.05) is 13.0 Å². The molecule has 2 N–H and O–H groups in total. The van der Waals surface area contributed by atoms with Crippen LogP contribution >= 0.6 is 0 Å². The van der Waals surface area contributed by atoms with E-state index in [4.69, 9.17) is 9.84 Å². The van der Waals surface area contributed by atoms with Gasteiger partial charge in [0.1, 0.15) is 5.75 Å². The number of aliphatic carboxylic acids is 1. The van der Waals surface area contributed by atoms with Crippen LogP contribution in [0.15, 0.2) is 24.3 Å². The summed E-state index contributed by atoms with van der Waals surface area (Å²) in [6.45, 7) is 2.39. The van der Waals surface area contributed by atoms with E-state index in [0.717, 1.165) is 25.8 Å². The van der Waals surface area contributed by atoms with E-state index in [1.165, 1.54) is 0 Å². The van der Waals surface area contributed by atoms with Crippen LogP contribution in [0.5, 0.6) is 5.75 Å². The van der Waals surface area contributed by atoms with Crippen LogP contribution < -0.4 is 10.1 Å². The number of benzene rings is 1. The van der Waals surface area contributed by atoms with Crippen LogP contribution in [0.25, 0.3) is 0 Å². The molecule has 6 nitrogen and oxygen atoms in total. The number of ether oxygens (including phenoxy) is 1. The van der Waals surface area contributed by atoms with Crippen LogP contribution in [0.4, 0.5) is 10.5 Å². The summed E-state index contributed by atoms with van der Waals surface area (Å²) >= 11 is 0. The molecule has 0 bridgehead atoms. The minimum Gasteiger partial charge on any atom is -0.482 e. The largest absolute Gasteiger partial charge is 0.482 e. The molecule has 1 aromatic carbocycles. The van der Waals surface area contributed by atoms with Crippen molar-refractivity contribution in [3.63, 3.8) is 0 Å². The highest BCUT2D eigenvalue weighted by Gasteiger charge is 2.31. The molecule has 0 heterocycles. The number of hydrogen-bond acceptors (Lipinski definition) is 3. The van der Waals surface area contributed by atoms with E-state index >= 15 is 0 Å². The lowest BCUT2D eigenvalue weighted by Gasteiger charge is -2.22. The SMILES string of the molecule is CCCN(C(=O)Nc1cccc(OCC(=O)O)c1)C1CC1. The summed E-state index contributed by atoms with van der Waals surface area (Å²) in [5, 5.41) is 11.4. The van der Waals surface area contributed by atoms with Gasteiger partial charge in [0.05, 0.1) is 0 Å². The molecule has 6 heteroatoms. The Balaban J connectivity index is 1.96. The van der Waals surface area contributed by atoms with E-state index in [2.05, 4.69) is 5.32 Å². The fourth-order valence-electron chi connectivity index (χ4n) is 2.08. The molecule has 2 rings (SSSR count). The standard InChI is InChI=1S/C15H20N2O4/c1-2-8-17(12-6-7-12)15(20)16-11-4-3-5-13(9-11)21-10-14(18)19/h3-5,9,12H,2,6-8,10H2,1H3,(H,16,20)(H,18,19). The topological polar surface area (TPSA) is 78.9 Å². The van der Waals surface area contributed by atoms with Crippen molar-refractivity contribution in [3.05, 3.63) is 24.3 Å². The quantitative estimate of drug-likeness (QED) is 0.809. The van der Waals surface area contributed by atoms with E-state index in [0.29, 0.717) is 17.5 Å². The third kappa shape index (κ3) is 4.66. The van der Waals surface area contributed by atoms with Crippen molar-refractivity contribution >= 4 is 17.7 Å². The van der Waals surface area contributed by atoms with Gasteiger partial charge in [0.25, 0.3) is 0 Å². The molecular weight excluding hydrogens is 272 g/mol. The van der Waals surface area contributed by atoms with E-state index in [9.17, 15) is 9.59 Å². The third-order valence-corrected chi connectivity index (χ3v) is 3.16. The van der Waals surface area contributed by atoms with Gasteiger partial charge >= 0.3 is 12.0 Å². The number of carboxylic acid groups (broad SMARTS) is 1. The number of nitrogens with one attached hydrogen (secondary N) is 1. The Morgan fingerprint density at radius 1 is 1.43 bits per heavy atom. The predicted molar refractivity (Wildman–Crippen MR) is 78.6 cm³/mol. The lowest BCUT2D eigenvalue weighted by Crippen LogP contribution is -2.37. The number of nitrogens with zero attached hydrogens (tertiary/aromatic N) is 1. The number of carbonyl (C=O) groups excluding carboxylic acids is 1. The maximum absolute atomic E-state index is 12.2. The van der Waals surface area contributed by atoms with E-state index in [1.807, 2.05) is 11.8 Å². The Morgan fingerprint density at radius 3 is 2.81 bits per heavy atom. The Hall–Kier alpha value is -2.24. The zero-order chi connectivity index (χ0) is 15.2. The molecular formula is C15H20N2O4. The van der Waals surface area contributed by atoms with E-state index in [1.54, 1.807) is 24.3 Å². The molecule has 0 atom stereocenters. The molecule has 0 aliphatic heterocycles. The molecule has 21 heavy (non-hydrogen) atoms. The van der Waals surface area contributed by atoms with Crippen LogP contribution in [0, 0.1) is 0 Å². The second-order valence-corrected chi connectivity index (χ2v) is 5.06. The van der Waals surface area contributed by atoms with Crippen LogP contribution in [0.2, 0.25) is 0 Å². The molecule has 1 aromatic rings. The average Bonchev–Trinajstić information content (AvgIpc) is 3.27. The lowest BCUT2D eigenvalue weighted by molar-refractivity contribution is -0.139. The lowest BCUT2D eigenvalue weighted by atomic mass is 10.3. The van der Waals surface area contributed by atoms with Gasteiger partial charge in [0, 0.05) is 24.3 Å². The van der Waals surface area contributed by atoms with Crippen molar-refractivity contribution in [2.75, 3.05) is 18.5 Å². The van der Waals surface area contributed by atoms with Crippen molar-refractivity contribution < 1.29 is 19.4 Å². The Bertz CT molecular complexity index is 514. The Morgan fingerprint density at radius 2 is 2.19 bits per heavy atom. The summed E-state index contributed by atoms with van der Waals surface area (Å²) in [5.74, 6) is -0.615. The summed E-state index contributed by atoms with van der Waals surface area (Å²) in [6.07, 6.45) is 3.05. The second kappa shape index (κ2) is 6.97. The molecule has 2 amide bonds. The first-order valence-electron chi connectivity index (χ1n) is 7.12. The maximum Gasteiger partial charge on any atom is 0.341 e. The van der Waals surface area contributed by atoms with Crippen LogP contribution in [-0.2, 0) is 4.79 Å². The minimum atomic E-state index is -1.03. The van der Waals surface area contributed by atoms with Gasteiger partial charge in [-0.05, 0) is 31.4 Å². The molecule has 1 fully saturated rings. The van der Waals surface area contributed by atoms with Gasteiger partial charge in [0.2, 0.25) is 0 Å². The Kier molecular flexibility index (Phi) is 5.03. The summed E-state index contributed by atoms with van der Waals surface area (Å²) < 4.78 is 5.09. The summed E-state index contributed by atoms with van der Waals surface area (Å²) in [4.78, 5) is 24.6. The van der Waals surface area contributed by atoms with Gasteiger partial charge in [-0.25, -0.2) is 9.59 Å². The van der Waals surface area contributed by atoms with Gasteiger partial charge in [-0.3, -0.25) is 0 Å². The first-order chi connectivity index (χ1) is 10.1. The molecule has 1 saturated carbocycles. The summed E-state index contributed by atoms with van der Waals surface area (Å²) in [6, 6.07) is 6.99. The van der Waals surface area contributed by atoms with Crippen molar-refractivity contribution in [2.24, 2.45) is 0 Å². The molecule has 114 valence electrons. The zero-order valence-corrected chi connectivity index (χ0v) is 12.0. The van der Waals surface area contributed by atoms with Crippen molar-refractivity contribution in [3.8, 4) is 5.75 Å². The maximum atomic E-state index is 12.2. The summed E-state index contributed by atoms with van der Waals surface area (Å²) in [5.41, 5.74) is 0.602. The molecule has 0 radical (unpaired) electrons. The minimum absolute atomic E-state index is 0.116. The molecule has 0 saturated heterocycles. The smallest absolute Gasteiger partial charge is 0.341 e. The Labute approximate surface area is 123 Å². The molecule has 0 spiro atoms. The van der Waals surface area contributed by atoms with Gasteiger partial charge in [-0.15, -0.1) is 0 Å². The fraction of sp³-hybridized carbons (Fsp3) is 0.467. The summed E-state index contributed by atoms with van der Waals surface area (Å²) in [7, 11) is 0. The van der Waals surface area contributed by atoms with Crippen LogP contribution in [-0.4, -0.2) is 41.2 Å². The number of carboxylic acids is 1. The normalized spacial score (nSPS) is 13.6. The number of rotatable bonds is 7. The van der Waals surface area contributed by atoms with E-state index in [-0.39, 0.29) is 6.03 Å². The highest BCUT2D eigenvalue weighted by Crippen LogP contribution is 2.28. The molecule has 1 aliphatic carbocycles. The van der Waals surface area contributed by atoms with Gasteiger partial charge in [0.15, 0.2) is 6.61 Å². The van der Waals surface area contributed by atoms with Gasteiger partial charge < -0.3 is 20.1 Å².